The van der Waals surface area contributed by atoms with Gasteiger partial charge in [-0.1, -0.05) is 29.4 Å². The molecule has 1 aliphatic rings. The van der Waals surface area contributed by atoms with Gasteiger partial charge in [0.25, 0.3) is 5.56 Å². The van der Waals surface area contributed by atoms with E-state index in [1.807, 2.05) is 0 Å². The van der Waals surface area contributed by atoms with Gasteiger partial charge in [-0.05, 0) is 43.0 Å². The number of nitrogens with one attached hydrogen (secondary N) is 1. The first-order chi connectivity index (χ1) is 15.2. The summed E-state index contributed by atoms with van der Waals surface area (Å²) in [5.41, 5.74) is -0.140. The number of thiophene rings is 1. The van der Waals surface area contributed by atoms with Crippen molar-refractivity contribution in [2.75, 3.05) is 11.1 Å². The third-order valence-corrected chi connectivity index (χ3v) is 7.48. The zero-order chi connectivity index (χ0) is 23.0. The number of hydrogen-bond donors (Lipinski definition) is 1. The molecule has 0 bridgehead atoms. The Morgan fingerprint density at radius 1 is 1.38 bits per heavy atom. The number of alkyl halides is 3. The second-order valence-electron chi connectivity index (χ2n) is 7.17. The second kappa shape index (κ2) is 8.92. The Hall–Kier alpha value is -2.30. The molecule has 2 heterocycles. The SMILES string of the molecule is C=CCn1c(SCC(=O)Nc2ccc(Cl)c(C(F)(F)F)c2)nc2sc3c(c2c1=O)CCC3. The molecule has 0 fully saturated rings. The van der Waals surface area contributed by atoms with E-state index in [1.165, 1.54) is 26.8 Å². The number of carbonyl (C=O) groups is 1. The fourth-order valence-electron chi connectivity index (χ4n) is 3.61. The van der Waals surface area contributed by atoms with Crippen LogP contribution < -0.4 is 10.9 Å². The number of aryl methyl sites for hydroxylation is 2. The Labute approximate surface area is 194 Å². The third-order valence-electron chi connectivity index (χ3n) is 4.99. The third kappa shape index (κ3) is 4.44. The van der Waals surface area contributed by atoms with Gasteiger partial charge in [0.2, 0.25) is 5.91 Å². The van der Waals surface area contributed by atoms with E-state index in [2.05, 4.69) is 16.9 Å². The molecule has 0 atom stereocenters. The normalized spacial score (nSPS) is 13.4. The fraction of sp³-hybridized carbons (Fsp3) is 0.286. The molecule has 168 valence electrons. The van der Waals surface area contributed by atoms with E-state index in [-0.39, 0.29) is 23.5 Å². The van der Waals surface area contributed by atoms with E-state index in [1.54, 1.807) is 6.08 Å². The van der Waals surface area contributed by atoms with Crippen LogP contribution in [0.5, 0.6) is 0 Å². The summed E-state index contributed by atoms with van der Waals surface area (Å²) in [6, 6.07) is 3.17. The molecule has 11 heteroatoms. The van der Waals surface area contributed by atoms with Crippen LogP contribution in [0.15, 0.2) is 40.8 Å². The molecule has 0 aliphatic heterocycles. The molecule has 2 aromatic heterocycles. The molecule has 0 unspecified atom stereocenters. The van der Waals surface area contributed by atoms with Crippen molar-refractivity contribution < 1.29 is 18.0 Å². The van der Waals surface area contributed by atoms with Gasteiger partial charge >= 0.3 is 6.18 Å². The molecule has 1 aliphatic carbocycles. The van der Waals surface area contributed by atoms with Crippen molar-refractivity contribution in [1.29, 1.82) is 0 Å². The van der Waals surface area contributed by atoms with Crippen LogP contribution in [0.25, 0.3) is 10.2 Å². The van der Waals surface area contributed by atoms with Gasteiger partial charge in [-0.2, -0.15) is 13.2 Å². The minimum atomic E-state index is -4.63. The molecule has 1 N–H and O–H groups in total. The number of allylic oxidation sites excluding steroid dienone is 1. The largest absolute Gasteiger partial charge is 0.417 e. The number of halogens is 4. The Bertz CT molecular complexity index is 1280. The summed E-state index contributed by atoms with van der Waals surface area (Å²) in [6.07, 6.45) is -0.236. The maximum Gasteiger partial charge on any atom is 0.417 e. The van der Waals surface area contributed by atoms with Crippen LogP contribution in [0.3, 0.4) is 0 Å². The smallest absolute Gasteiger partial charge is 0.325 e. The molecular weight excluding hydrogens is 483 g/mol. The Morgan fingerprint density at radius 2 is 2.16 bits per heavy atom. The highest BCUT2D eigenvalue weighted by Gasteiger charge is 2.33. The molecule has 0 radical (unpaired) electrons. The first kappa shape index (κ1) is 22.9. The van der Waals surface area contributed by atoms with Crippen LogP contribution in [-0.2, 0) is 30.4 Å². The number of thioether (sulfide) groups is 1. The molecule has 5 nitrogen and oxygen atoms in total. The lowest BCUT2D eigenvalue weighted by Crippen LogP contribution is -2.24. The number of hydrogen-bond acceptors (Lipinski definition) is 5. The molecule has 1 amide bonds. The summed E-state index contributed by atoms with van der Waals surface area (Å²) < 4.78 is 40.6. The number of fused-ring (bicyclic) bond motifs is 3. The van der Waals surface area contributed by atoms with Gasteiger partial charge in [-0.15, -0.1) is 17.9 Å². The molecule has 0 saturated heterocycles. The molecular formula is C21H17ClF3N3O2S2. The molecule has 3 aromatic rings. The summed E-state index contributed by atoms with van der Waals surface area (Å²) in [7, 11) is 0. The van der Waals surface area contributed by atoms with E-state index in [4.69, 9.17) is 11.6 Å². The molecule has 4 rings (SSSR count). The van der Waals surface area contributed by atoms with Crippen molar-refractivity contribution in [1.82, 2.24) is 9.55 Å². The van der Waals surface area contributed by atoms with Crippen LogP contribution in [0.4, 0.5) is 18.9 Å². The van der Waals surface area contributed by atoms with Gasteiger partial charge in [-0.3, -0.25) is 14.2 Å². The van der Waals surface area contributed by atoms with Crippen molar-refractivity contribution in [3.05, 3.63) is 62.2 Å². The molecule has 32 heavy (non-hydrogen) atoms. The van der Waals surface area contributed by atoms with Gasteiger partial charge in [0.1, 0.15) is 4.83 Å². The maximum absolute atomic E-state index is 13.1. The minimum Gasteiger partial charge on any atom is -0.325 e. The number of aromatic nitrogens is 2. The average molecular weight is 500 g/mol. The number of amides is 1. The lowest BCUT2D eigenvalue weighted by molar-refractivity contribution is -0.137. The number of carbonyl (C=O) groups excluding carboxylic acids is 1. The van der Waals surface area contributed by atoms with Crippen LogP contribution in [0, 0.1) is 0 Å². The van der Waals surface area contributed by atoms with E-state index in [0.29, 0.717) is 15.4 Å². The van der Waals surface area contributed by atoms with Gasteiger partial charge in [0, 0.05) is 17.1 Å². The molecule has 0 spiro atoms. The Balaban J connectivity index is 1.55. The predicted octanol–water partition coefficient (Wildman–Crippen LogP) is 5.54. The van der Waals surface area contributed by atoms with Gasteiger partial charge in [-0.25, -0.2) is 4.98 Å². The standard InChI is InChI=1S/C21H17ClF3N3O2S2/c1-2-8-28-19(30)17-12-4-3-5-15(12)32-18(17)27-20(28)31-10-16(29)26-11-6-7-14(22)13(9-11)21(23,24)25/h2,6-7,9H,1,3-5,8,10H2,(H,26,29). The van der Waals surface area contributed by atoms with E-state index in [0.717, 1.165) is 48.7 Å². The summed E-state index contributed by atoms with van der Waals surface area (Å²) >= 11 is 8.16. The van der Waals surface area contributed by atoms with E-state index in [9.17, 15) is 22.8 Å². The highest BCUT2D eigenvalue weighted by Crippen LogP contribution is 2.37. The topological polar surface area (TPSA) is 64.0 Å². The molecule has 1 aromatic carbocycles. The summed E-state index contributed by atoms with van der Waals surface area (Å²) in [5.74, 6) is -0.664. The Kier molecular flexibility index (Phi) is 6.37. The van der Waals surface area contributed by atoms with Crippen LogP contribution in [-0.4, -0.2) is 21.2 Å². The van der Waals surface area contributed by atoms with Gasteiger partial charge in [0.05, 0.1) is 21.7 Å². The van der Waals surface area contributed by atoms with Crippen molar-refractivity contribution in [2.45, 2.75) is 37.1 Å². The zero-order valence-electron chi connectivity index (χ0n) is 16.6. The highest BCUT2D eigenvalue weighted by atomic mass is 35.5. The van der Waals surface area contributed by atoms with Crippen molar-refractivity contribution in [2.24, 2.45) is 0 Å². The average Bonchev–Trinajstić information content (AvgIpc) is 3.30. The van der Waals surface area contributed by atoms with Crippen molar-refractivity contribution >= 4 is 56.5 Å². The van der Waals surface area contributed by atoms with Crippen molar-refractivity contribution in [3.8, 4) is 0 Å². The molecule has 0 saturated carbocycles. The van der Waals surface area contributed by atoms with Crippen LogP contribution in [0.2, 0.25) is 5.02 Å². The summed E-state index contributed by atoms with van der Waals surface area (Å²) in [4.78, 5) is 31.9. The van der Waals surface area contributed by atoms with E-state index < -0.39 is 22.7 Å². The lowest BCUT2D eigenvalue weighted by Gasteiger charge is -2.12. The number of benzene rings is 1. The predicted molar refractivity (Wildman–Crippen MR) is 122 cm³/mol. The van der Waals surface area contributed by atoms with Crippen molar-refractivity contribution in [3.63, 3.8) is 0 Å². The highest BCUT2D eigenvalue weighted by molar-refractivity contribution is 7.99. The Morgan fingerprint density at radius 3 is 2.88 bits per heavy atom. The lowest BCUT2D eigenvalue weighted by atomic mass is 10.2. The number of anilines is 1. The first-order valence-electron chi connectivity index (χ1n) is 9.64. The van der Waals surface area contributed by atoms with Gasteiger partial charge in [0.15, 0.2) is 5.16 Å². The summed E-state index contributed by atoms with van der Waals surface area (Å²) in [5, 5.41) is 2.99. The van der Waals surface area contributed by atoms with Crippen LogP contribution in [0.1, 0.15) is 22.4 Å². The summed E-state index contributed by atoms with van der Waals surface area (Å²) in [6.45, 7) is 3.93. The zero-order valence-corrected chi connectivity index (χ0v) is 19.0. The van der Waals surface area contributed by atoms with E-state index >= 15 is 0 Å². The minimum absolute atomic E-state index is 0.0195. The second-order valence-corrected chi connectivity index (χ2v) is 9.60. The fourth-order valence-corrected chi connectivity index (χ4v) is 5.94. The number of rotatable bonds is 6. The first-order valence-corrected chi connectivity index (χ1v) is 11.8. The van der Waals surface area contributed by atoms with Crippen LogP contribution >= 0.6 is 34.7 Å². The maximum atomic E-state index is 13.1. The van der Waals surface area contributed by atoms with Gasteiger partial charge < -0.3 is 5.32 Å². The number of nitrogens with zero attached hydrogens (tertiary/aromatic N) is 2. The monoisotopic (exact) mass is 499 g/mol. The quantitative estimate of drug-likeness (QED) is 0.275.